The molecule has 1 aromatic heterocycles. The first-order chi connectivity index (χ1) is 9.15. The van der Waals surface area contributed by atoms with Gasteiger partial charge in [-0.2, -0.15) is 5.10 Å². The monoisotopic (exact) mass is 258 g/mol. The summed E-state index contributed by atoms with van der Waals surface area (Å²) >= 11 is 0. The van der Waals surface area contributed by atoms with Crippen LogP contribution in [-0.4, -0.2) is 33.8 Å². The molecule has 2 atom stereocenters. The highest BCUT2D eigenvalue weighted by Crippen LogP contribution is 2.28. The van der Waals surface area contributed by atoms with Gasteiger partial charge in [0.25, 0.3) is 0 Å². The second-order valence-corrected chi connectivity index (χ2v) is 5.29. The largest absolute Gasteiger partial charge is 0.351 e. The van der Waals surface area contributed by atoms with Crippen molar-refractivity contribution in [1.82, 2.24) is 14.7 Å². The molecule has 0 spiro atoms. The highest BCUT2D eigenvalue weighted by molar-refractivity contribution is 5.77. The van der Waals surface area contributed by atoms with E-state index in [9.17, 15) is 4.79 Å². The van der Waals surface area contributed by atoms with Crippen LogP contribution >= 0.6 is 0 Å². The van der Waals surface area contributed by atoms with Crippen molar-refractivity contribution in [3.05, 3.63) is 30.5 Å². The molecule has 100 valence electrons. The van der Waals surface area contributed by atoms with Crippen molar-refractivity contribution in [2.24, 2.45) is 11.7 Å². The highest BCUT2D eigenvalue weighted by atomic mass is 16.2. The molecule has 5 heteroatoms. The molecular weight excluding hydrogens is 240 g/mol. The summed E-state index contributed by atoms with van der Waals surface area (Å²) in [4.78, 5) is 13.0. The number of likely N-dealkylation sites (tertiary alicyclic amines) is 1. The zero-order valence-electron chi connectivity index (χ0n) is 11.0. The van der Waals surface area contributed by atoms with Crippen LogP contribution in [0.4, 0.5) is 4.79 Å². The fraction of sp³-hybridized carbons (Fsp3) is 0.429. The van der Waals surface area contributed by atoms with Crippen molar-refractivity contribution in [1.29, 1.82) is 0 Å². The number of aromatic nitrogens is 2. The molecule has 2 N–H and O–H groups in total. The molecule has 0 aliphatic carbocycles. The number of rotatable bonds is 1. The minimum absolute atomic E-state index is 0.202. The molecule has 5 nitrogen and oxygen atoms in total. The lowest BCUT2D eigenvalue weighted by Crippen LogP contribution is -2.46. The minimum Gasteiger partial charge on any atom is -0.351 e. The van der Waals surface area contributed by atoms with Crippen molar-refractivity contribution >= 4 is 16.9 Å². The number of benzene rings is 1. The van der Waals surface area contributed by atoms with Gasteiger partial charge in [0.1, 0.15) is 0 Å². The SMILES string of the molecule is CC1CCN(C(N)=O)CC1n1cc2ccccc2n1. The average molecular weight is 258 g/mol. The lowest BCUT2D eigenvalue weighted by Gasteiger charge is -2.36. The second kappa shape index (κ2) is 4.57. The maximum Gasteiger partial charge on any atom is 0.314 e. The first-order valence-electron chi connectivity index (χ1n) is 6.63. The standard InChI is InChI=1S/C14H18N4O/c1-10-6-7-17(14(15)19)9-13(10)18-8-11-4-2-3-5-12(11)16-18/h2-5,8,10,13H,6-7,9H2,1H3,(H2,15,19). The summed E-state index contributed by atoms with van der Waals surface area (Å²) in [5, 5.41) is 5.75. The molecule has 1 aliphatic heterocycles. The van der Waals surface area contributed by atoms with E-state index >= 15 is 0 Å². The van der Waals surface area contributed by atoms with E-state index in [1.54, 1.807) is 4.90 Å². The molecule has 2 heterocycles. The average Bonchev–Trinajstić information content (AvgIpc) is 2.82. The topological polar surface area (TPSA) is 64.2 Å². The summed E-state index contributed by atoms with van der Waals surface area (Å²) in [7, 11) is 0. The zero-order valence-corrected chi connectivity index (χ0v) is 11.0. The highest BCUT2D eigenvalue weighted by Gasteiger charge is 2.29. The number of fused-ring (bicyclic) bond motifs is 1. The van der Waals surface area contributed by atoms with Gasteiger partial charge in [-0.05, 0) is 18.4 Å². The van der Waals surface area contributed by atoms with Crippen molar-refractivity contribution < 1.29 is 4.79 Å². The molecule has 19 heavy (non-hydrogen) atoms. The zero-order chi connectivity index (χ0) is 13.4. The van der Waals surface area contributed by atoms with Crippen LogP contribution in [0.2, 0.25) is 0 Å². The Labute approximate surface area is 112 Å². The molecule has 1 fully saturated rings. The van der Waals surface area contributed by atoms with Crippen molar-refractivity contribution in [3.8, 4) is 0 Å². The van der Waals surface area contributed by atoms with Gasteiger partial charge in [0.15, 0.2) is 0 Å². The van der Waals surface area contributed by atoms with Crippen LogP contribution < -0.4 is 5.73 Å². The molecule has 2 aromatic rings. The van der Waals surface area contributed by atoms with Gasteiger partial charge in [-0.15, -0.1) is 0 Å². The van der Waals surface area contributed by atoms with Crippen LogP contribution in [0.3, 0.4) is 0 Å². The molecule has 2 unspecified atom stereocenters. The molecule has 0 saturated carbocycles. The van der Waals surface area contributed by atoms with E-state index in [0.29, 0.717) is 12.5 Å². The summed E-state index contributed by atoms with van der Waals surface area (Å²) < 4.78 is 1.99. The van der Waals surface area contributed by atoms with Crippen LogP contribution in [0.15, 0.2) is 30.5 Å². The van der Waals surface area contributed by atoms with E-state index in [1.165, 1.54) is 0 Å². The fourth-order valence-corrected chi connectivity index (χ4v) is 2.75. The van der Waals surface area contributed by atoms with Crippen molar-refractivity contribution in [3.63, 3.8) is 0 Å². The second-order valence-electron chi connectivity index (χ2n) is 5.29. The fourth-order valence-electron chi connectivity index (χ4n) is 2.75. The number of urea groups is 1. The first-order valence-corrected chi connectivity index (χ1v) is 6.63. The number of nitrogens with two attached hydrogens (primary N) is 1. The van der Waals surface area contributed by atoms with Crippen LogP contribution in [0, 0.1) is 5.92 Å². The van der Waals surface area contributed by atoms with Gasteiger partial charge in [-0.3, -0.25) is 4.68 Å². The first kappa shape index (κ1) is 12.0. The Bertz CT molecular complexity index is 573. The van der Waals surface area contributed by atoms with Crippen LogP contribution in [0.5, 0.6) is 0 Å². The molecule has 2 amide bonds. The van der Waals surface area contributed by atoms with Gasteiger partial charge in [-0.1, -0.05) is 25.1 Å². The van der Waals surface area contributed by atoms with Gasteiger partial charge in [0.2, 0.25) is 0 Å². The third-order valence-electron chi connectivity index (χ3n) is 4.00. The third-order valence-corrected chi connectivity index (χ3v) is 4.00. The molecule has 0 bridgehead atoms. The molecule has 1 saturated heterocycles. The number of carbonyl (C=O) groups is 1. The number of primary amides is 1. The number of amides is 2. The van der Waals surface area contributed by atoms with Crippen LogP contribution in [-0.2, 0) is 0 Å². The quantitative estimate of drug-likeness (QED) is 0.850. The van der Waals surface area contributed by atoms with Gasteiger partial charge in [0, 0.05) is 24.7 Å². The Morgan fingerprint density at radius 2 is 2.21 bits per heavy atom. The maximum absolute atomic E-state index is 11.3. The van der Waals surface area contributed by atoms with Crippen molar-refractivity contribution in [2.75, 3.05) is 13.1 Å². The Morgan fingerprint density at radius 3 is 2.95 bits per heavy atom. The minimum atomic E-state index is -0.339. The number of hydrogen-bond donors (Lipinski definition) is 1. The maximum atomic E-state index is 11.3. The van der Waals surface area contributed by atoms with Gasteiger partial charge in [-0.25, -0.2) is 4.79 Å². The summed E-state index contributed by atoms with van der Waals surface area (Å²) in [6.07, 6.45) is 3.02. The van der Waals surface area contributed by atoms with E-state index < -0.39 is 0 Å². The van der Waals surface area contributed by atoms with E-state index in [-0.39, 0.29) is 12.1 Å². The van der Waals surface area contributed by atoms with E-state index in [4.69, 9.17) is 5.73 Å². The lowest BCUT2D eigenvalue weighted by atomic mass is 9.94. The Morgan fingerprint density at radius 1 is 1.42 bits per heavy atom. The molecule has 0 radical (unpaired) electrons. The van der Waals surface area contributed by atoms with Crippen LogP contribution in [0.25, 0.3) is 10.9 Å². The number of piperidine rings is 1. The Balaban J connectivity index is 1.92. The van der Waals surface area contributed by atoms with Gasteiger partial charge >= 0.3 is 6.03 Å². The summed E-state index contributed by atoms with van der Waals surface area (Å²) in [5.74, 6) is 0.491. The third kappa shape index (κ3) is 2.16. The predicted octanol–water partition coefficient (Wildman–Crippen LogP) is 2.00. The van der Waals surface area contributed by atoms with E-state index in [0.717, 1.165) is 23.9 Å². The van der Waals surface area contributed by atoms with E-state index in [1.807, 2.05) is 22.9 Å². The summed E-state index contributed by atoms with van der Waals surface area (Å²) in [6, 6.07) is 7.92. The van der Waals surface area contributed by atoms with E-state index in [2.05, 4.69) is 24.3 Å². The lowest BCUT2D eigenvalue weighted by molar-refractivity contribution is 0.141. The van der Waals surface area contributed by atoms with Gasteiger partial charge in [0.05, 0.1) is 11.6 Å². The van der Waals surface area contributed by atoms with Crippen molar-refractivity contribution in [2.45, 2.75) is 19.4 Å². The normalized spacial score (nSPS) is 23.7. The van der Waals surface area contributed by atoms with Crippen LogP contribution in [0.1, 0.15) is 19.4 Å². The molecular formula is C14H18N4O. The number of hydrogen-bond acceptors (Lipinski definition) is 2. The number of nitrogens with zero attached hydrogens (tertiary/aromatic N) is 3. The Hall–Kier alpha value is -2.04. The van der Waals surface area contributed by atoms with Gasteiger partial charge < -0.3 is 10.6 Å². The molecule has 3 rings (SSSR count). The Kier molecular flexibility index (Phi) is 2.89. The summed E-state index contributed by atoms with van der Waals surface area (Å²) in [5.41, 5.74) is 6.38. The predicted molar refractivity (Wildman–Crippen MR) is 73.7 cm³/mol. The molecule has 1 aromatic carbocycles. The number of carbonyl (C=O) groups excluding carboxylic acids is 1. The smallest absolute Gasteiger partial charge is 0.314 e. The molecule has 1 aliphatic rings. The summed E-state index contributed by atoms with van der Waals surface area (Å²) in [6.45, 7) is 3.59.